The second-order valence-electron chi connectivity index (χ2n) is 8.11. The molecule has 0 unspecified atom stereocenters. The van der Waals surface area contributed by atoms with Gasteiger partial charge in [-0.2, -0.15) is 0 Å². The minimum atomic E-state index is -3.49. The molecule has 1 aliphatic rings. The Morgan fingerprint density at radius 2 is 1.77 bits per heavy atom. The van der Waals surface area contributed by atoms with Gasteiger partial charge in [-0.05, 0) is 60.1 Å². The SMILES string of the molecule is CCc1ccc(CC)c(CNC(=O)[C@@H]2CCCN(S(=O)(=O)Cc3ccc(Cl)cc3)C2)c1. The second-order valence-corrected chi connectivity index (χ2v) is 10.5. The summed E-state index contributed by atoms with van der Waals surface area (Å²) in [5.41, 5.74) is 4.31. The Balaban J connectivity index is 1.62. The molecule has 0 aliphatic carbocycles. The quantitative estimate of drug-likeness (QED) is 0.635. The highest BCUT2D eigenvalue weighted by Crippen LogP contribution is 2.23. The van der Waals surface area contributed by atoms with Crippen LogP contribution in [-0.4, -0.2) is 31.7 Å². The number of carbonyl (C=O) groups is 1. The number of rotatable bonds is 8. The van der Waals surface area contributed by atoms with Crippen molar-refractivity contribution in [3.63, 3.8) is 0 Å². The molecule has 0 spiro atoms. The number of hydrogen-bond donors (Lipinski definition) is 1. The third-order valence-corrected chi connectivity index (χ3v) is 7.99. The monoisotopic (exact) mass is 462 g/mol. The summed E-state index contributed by atoms with van der Waals surface area (Å²) in [5.74, 6) is -0.481. The summed E-state index contributed by atoms with van der Waals surface area (Å²) in [5, 5.41) is 3.62. The zero-order chi connectivity index (χ0) is 22.4. The minimum absolute atomic E-state index is 0.0738. The smallest absolute Gasteiger partial charge is 0.224 e. The van der Waals surface area contributed by atoms with Crippen LogP contribution in [-0.2, 0) is 40.0 Å². The number of piperidine rings is 1. The molecule has 2 aromatic rings. The summed E-state index contributed by atoms with van der Waals surface area (Å²) < 4.78 is 27.3. The minimum Gasteiger partial charge on any atom is -0.352 e. The molecular formula is C24H31ClN2O3S. The molecule has 1 amide bonds. The van der Waals surface area contributed by atoms with Gasteiger partial charge in [-0.3, -0.25) is 4.79 Å². The van der Waals surface area contributed by atoms with E-state index >= 15 is 0 Å². The van der Waals surface area contributed by atoms with Crippen molar-refractivity contribution >= 4 is 27.5 Å². The Morgan fingerprint density at radius 1 is 1.06 bits per heavy atom. The van der Waals surface area contributed by atoms with Crippen LogP contribution in [0.1, 0.15) is 48.9 Å². The van der Waals surface area contributed by atoms with E-state index in [1.54, 1.807) is 24.3 Å². The Kier molecular flexibility index (Phi) is 8.14. The van der Waals surface area contributed by atoms with E-state index < -0.39 is 10.0 Å². The molecule has 31 heavy (non-hydrogen) atoms. The van der Waals surface area contributed by atoms with E-state index in [0.717, 1.165) is 18.4 Å². The zero-order valence-electron chi connectivity index (χ0n) is 18.2. The second kappa shape index (κ2) is 10.6. The predicted molar refractivity (Wildman–Crippen MR) is 125 cm³/mol. The lowest BCUT2D eigenvalue weighted by Gasteiger charge is -2.31. The first-order valence-corrected chi connectivity index (χ1v) is 12.9. The van der Waals surface area contributed by atoms with Gasteiger partial charge in [0, 0.05) is 24.7 Å². The highest BCUT2D eigenvalue weighted by Gasteiger charge is 2.32. The molecule has 0 bridgehead atoms. The number of amides is 1. The standard InChI is InChI=1S/C24H31ClN2O3S/c1-3-18-7-10-20(4-2)22(14-18)15-26-24(28)21-6-5-13-27(16-21)31(29,30)17-19-8-11-23(25)12-9-19/h7-12,14,21H,3-6,13,15-17H2,1-2H3,(H,26,28)/t21-/m1/s1. The summed E-state index contributed by atoms with van der Waals surface area (Å²) >= 11 is 5.89. The van der Waals surface area contributed by atoms with E-state index in [1.807, 2.05) is 0 Å². The van der Waals surface area contributed by atoms with Gasteiger partial charge in [-0.1, -0.05) is 55.8 Å². The molecule has 0 radical (unpaired) electrons. The lowest BCUT2D eigenvalue weighted by Crippen LogP contribution is -2.45. The molecule has 1 heterocycles. The third kappa shape index (κ3) is 6.31. The predicted octanol–water partition coefficient (Wildman–Crippen LogP) is 4.32. The van der Waals surface area contributed by atoms with Crippen LogP contribution in [0.5, 0.6) is 0 Å². The molecule has 7 heteroatoms. The summed E-state index contributed by atoms with van der Waals surface area (Å²) in [6, 6.07) is 13.3. The van der Waals surface area contributed by atoms with Crippen molar-refractivity contribution < 1.29 is 13.2 Å². The molecule has 0 saturated carbocycles. The Hall–Kier alpha value is -1.89. The van der Waals surface area contributed by atoms with E-state index in [1.165, 1.54) is 15.4 Å². The molecule has 1 aliphatic heterocycles. The van der Waals surface area contributed by atoms with Crippen molar-refractivity contribution in [2.24, 2.45) is 5.92 Å². The number of hydrogen-bond acceptors (Lipinski definition) is 3. The number of nitrogens with zero attached hydrogens (tertiary/aromatic N) is 1. The molecule has 168 valence electrons. The van der Waals surface area contributed by atoms with Gasteiger partial charge in [0.25, 0.3) is 0 Å². The van der Waals surface area contributed by atoms with Crippen molar-refractivity contribution in [1.29, 1.82) is 0 Å². The third-order valence-electron chi connectivity index (χ3n) is 5.92. The van der Waals surface area contributed by atoms with Gasteiger partial charge >= 0.3 is 0 Å². The van der Waals surface area contributed by atoms with Crippen molar-refractivity contribution in [1.82, 2.24) is 9.62 Å². The van der Waals surface area contributed by atoms with E-state index in [2.05, 4.69) is 37.4 Å². The average molecular weight is 463 g/mol. The maximum Gasteiger partial charge on any atom is 0.224 e. The summed E-state index contributed by atoms with van der Waals surface area (Å²) in [4.78, 5) is 12.8. The highest BCUT2D eigenvalue weighted by molar-refractivity contribution is 7.88. The normalized spacial score (nSPS) is 17.5. The van der Waals surface area contributed by atoms with Gasteiger partial charge in [-0.15, -0.1) is 0 Å². The van der Waals surface area contributed by atoms with Crippen molar-refractivity contribution in [3.05, 3.63) is 69.7 Å². The molecule has 0 aromatic heterocycles. The van der Waals surface area contributed by atoms with Gasteiger partial charge in [-0.25, -0.2) is 12.7 Å². The highest BCUT2D eigenvalue weighted by atomic mass is 35.5. The number of halogens is 1. The summed E-state index contributed by atoms with van der Waals surface area (Å²) in [7, 11) is -3.49. The Labute approximate surface area is 190 Å². The van der Waals surface area contributed by atoms with Crippen LogP contribution in [0.3, 0.4) is 0 Å². The van der Waals surface area contributed by atoms with Gasteiger partial charge in [0.15, 0.2) is 0 Å². The maximum absolute atomic E-state index is 12.9. The molecular weight excluding hydrogens is 432 g/mol. The van der Waals surface area contributed by atoms with E-state index in [-0.39, 0.29) is 24.1 Å². The zero-order valence-corrected chi connectivity index (χ0v) is 19.8. The van der Waals surface area contributed by atoms with E-state index in [0.29, 0.717) is 36.5 Å². The van der Waals surface area contributed by atoms with Crippen LogP contribution in [0.4, 0.5) is 0 Å². The Morgan fingerprint density at radius 3 is 2.45 bits per heavy atom. The molecule has 1 saturated heterocycles. The number of nitrogens with one attached hydrogen (secondary N) is 1. The van der Waals surface area contributed by atoms with Crippen LogP contribution in [0.25, 0.3) is 0 Å². The summed E-state index contributed by atoms with van der Waals surface area (Å²) in [6.07, 6.45) is 3.25. The van der Waals surface area contributed by atoms with Crippen LogP contribution >= 0.6 is 11.6 Å². The number of benzene rings is 2. The lowest BCUT2D eigenvalue weighted by atomic mass is 9.97. The van der Waals surface area contributed by atoms with E-state index in [9.17, 15) is 13.2 Å². The lowest BCUT2D eigenvalue weighted by molar-refractivity contribution is -0.126. The van der Waals surface area contributed by atoms with Crippen LogP contribution in [0.15, 0.2) is 42.5 Å². The maximum atomic E-state index is 12.9. The van der Waals surface area contributed by atoms with Gasteiger partial charge in [0.1, 0.15) is 0 Å². The van der Waals surface area contributed by atoms with Gasteiger partial charge in [0.05, 0.1) is 11.7 Å². The molecule has 3 rings (SSSR count). The fourth-order valence-corrected chi connectivity index (χ4v) is 5.76. The summed E-state index contributed by atoms with van der Waals surface area (Å²) in [6.45, 7) is 5.39. The fraction of sp³-hybridized carbons (Fsp3) is 0.458. The number of sulfonamides is 1. The average Bonchev–Trinajstić information content (AvgIpc) is 2.78. The molecule has 1 fully saturated rings. The van der Waals surface area contributed by atoms with Gasteiger partial charge in [0.2, 0.25) is 15.9 Å². The number of aryl methyl sites for hydroxylation is 2. The van der Waals surface area contributed by atoms with E-state index in [4.69, 9.17) is 11.6 Å². The molecule has 2 aromatic carbocycles. The largest absolute Gasteiger partial charge is 0.352 e. The van der Waals surface area contributed by atoms with Crippen LogP contribution < -0.4 is 5.32 Å². The number of carbonyl (C=O) groups excluding carboxylic acids is 1. The van der Waals surface area contributed by atoms with Gasteiger partial charge < -0.3 is 5.32 Å². The molecule has 1 atom stereocenters. The van der Waals surface area contributed by atoms with Crippen molar-refractivity contribution in [2.45, 2.75) is 51.8 Å². The first-order chi connectivity index (χ1) is 14.8. The van der Waals surface area contributed by atoms with Crippen LogP contribution in [0.2, 0.25) is 5.02 Å². The van der Waals surface area contributed by atoms with Crippen molar-refractivity contribution in [3.8, 4) is 0 Å². The molecule has 1 N–H and O–H groups in total. The molecule has 5 nitrogen and oxygen atoms in total. The first-order valence-electron chi connectivity index (χ1n) is 10.9. The topological polar surface area (TPSA) is 66.5 Å². The van der Waals surface area contributed by atoms with Crippen LogP contribution in [0, 0.1) is 5.92 Å². The Bertz CT molecular complexity index is 1010. The van der Waals surface area contributed by atoms with Crippen molar-refractivity contribution in [2.75, 3.05) is 13.1 Å². The fourth-order valence-electron chi connectivity index (χ4n) is 4.03. The first kappa shape index (κ1) is 23.8.